The van der Waals surface area contributed by atoms with Crippen LogP contribution in [0.4, 0.5) is 28.4 Å². The van der Waals surface area contributed by atoms with E-state index in [1.165, 1.54) is 30.3 Å². The fourth-order valence-corrected chi connectivity index (χ4v) is 5.89. The maximum absolute atomic E-state index is 12.4. The minimum Gasteiger partial charge on any atom is -0.871 e. The monoisotopic (exact) mass is 774 g/mol. The molecule has 0 heterocycles. The molecule has 257 valence electrons. The number of hydrogen-bond donors (Lipinski definition) is 0. The van der Waals surface area contributed by atoms with Crippen LogP contribution in [0.15, 0.2) is 147 Å². The smallest absolute Gasteiger partial charge is 0.871 e. The molecule has 0 saturated heterocycles. The Morgan fingerprint density at radius 3 is 1.47 bits per heavy atom. The van der Waals surface area contributed by atoms with Gasteiger partial charge in [0.1, 0.15) is 10.1 Å². The average Bonchev–Trinajstić information content (AvgIpc) is 3.11. The van der Waals surface area contributed by atoms with Gasteiger partial charge in [0.15, 0.2) is 0 Å². The van der Waals surface area contributed by atoms with Gasteiger partial charge in [-0.05, 0) is 22.9 Å². The molecule has 0 fully saturated rings. The van der Waals surface area contributed by atoms with E-state index in [0.717, 1.165) is 29.0 Å². The molecule has 0 aliphatic carbocycles. The van der Waals surface area contributed by atoms with Gasteiger partial charge in [-0.25, -0.2) is 8.42 Å². The third kappa shape index (κ3) is 8.79. The van der Waals surface area contributed by atoms with E-state index in [1.54, 1.807) is 48.5 Å². The Balaban J connectivity index is 0.000000280. The predicted molar refractivity (Wildman–Crippen MR) is 180 cm³/mol. The van der Waals surface area contributed by atoms with Crippen LogP contribution in [0.25, 0.3) is 32.3 Å². The Hall–Kier alpha value is -5.44. The first-order valence-corrected chi connectivity index (χ1v) is 16.2. The molecule has 53 heavy (non-hydrogen) atoms. The number of benzene rings is 7. The molecule has 0 N–H and O–H groups in total. The Labute approximate surface area is 335 Å². The van der Waals surface area contributed by atoms with Gasteiger partial charge in [0.05, 0.1) is 32.6 Å². The minimum atomic E-state index is -4.84. The normalized spacial score (nSPS) is 11.3. The summed E-state index contributed by atoms with van der Waals surface area (Å²) in [6.45, 7) is 0. The van der Waals surface area contributed by atoms with Crippen LogP contribution in [0.3, 0.4) is 0 Å². The zero-order valence-corrected chi connectivity index (χ0v) is 31.4. The summed E-state index contributed by atoms with van der Waals surface area (Å²) in [5, 5.41) is 77.7. The summed E-state index contributed by atoms with van der Waals surface area (Å²) in [7, 11) is -4.84. The van der Waals surface area contributed by atoms with Crippen molar-refractivity contribution in [3.8, 4) is 23.0 Å². The van der Waals surface area contributed by atoms with E-state index in [-0.39, 0.29) is 99.1 Å². The van der Waals surface area contributed by atoms with Crippen molar-refractivity contribution in [3.63, 3.8) is 0 Å². The molecule has 7 aromatic carbocycles. The molecule has 0 aliphatic heterocycles. The summed E-state index contributed by atoms with van der Waals surface area (Å²) in [6, 6.07) is 30.4. The molecule has 17 heteroatoms. The first-order valence-electron chi connectivity index (χ1n) is 14.8. The van der Waals surface area contributed by atoms with Gasteiger partial charge in [0, 0.05) is 33.7 Å². The Morgan fingerprint density at radius 2 is 0.981 bits per heavy atom. The van der Waals surface area contributed by atoms with Crippen LogP contribution in [-0.4, -0.2) is 17.9 Å². The first-order chi connectivity index (χ1) is 24.4. The SMILES string of the molecule is O=S(=O)([O-])c1cc([O-])c(N=Nc2c([O-])ccc3ccccc23)c2ccccc12.O=[N+]([O-])c1ccc(N=Nc2c([O-])ccc3ccccc23)c([O-])c1.[Cr+3].[H+].[Na+]. The van der Waals surface area contributed by atoms with Crippen molar-refractivity contribution in [2.24, 2.45) is 20.5 Å². The number of nitro benzene ring substituents is 1. The van der Waals surface area contributed by atoms with Crippen LogP contribution < -0.4 is 50.0 Å². The molecule has 0 atom stereocenters. The van der Waals surface area contributed by atoms with E-state index in [4.69, 9.17) is 0 Å². The number of nitrogens with zero attached hydrogens (tertiary/aromatic N) is 5. The van der Waals surface area contributed by atoms with Crippen molar-refractivity contribution < 1.29 is 86.7 Å². The van der Waals surface area contributed by atoms with Gasteiger partial charge < -0.3 is 25.0 Å². The molecule has 0 bridgehead atoms. The molecular weight excluding hydrogens is 753 g/mol. The Morgan fingerprint density at radius 1 is 0.528 bits per heavy atom. The van der Waals surface area contributed by atoms with Crippen LogP contribution >= 0.6 is 0 Å². The minimum absolute atomic E-state index is 0. The molecule has 0 saturated carbocycles. The Kier molecular flexibility index (Phi) is 12.9. The van der Waals surface area contributed by atoms with E-state index >= 15 is 0 Å². The molecule has 14 nitrogen and oxygen atoms in total. The summed E-state index contributed by atoms with van der Waals surface area (Å²) in [6.07, 6.45) is 0. The Bertz CT molecular complexity index is 2690. The number of non-ortho nitro benzene ring substituents is 1. The summed E-state index contributed by atoms with van der Waals surface area (Å²) in [5.74, 6) is -2.08. The van der Waals surface area contributed by atoms with E-state index in [0.29, 0.717) is 10.8 Å². The number of rotatable bonds is 6. The maximum atomic E-state index is 12.4. The van der Waals surface area contributed by atoms with Crippen molar-refractivity contribution in [2.75, 3.05) is 0 Å². The van der Waals surface area contributed by atoms with Crippen LogP contribution in [0.1, 0.15) is 1.43 Å². The van der Waals surface area contributed by atoms with Gasteiger partial charge in [-0.1, -0.05) is 120 Å². The van der Waals surface area contributed by atoms with Crippen molar-refractivity contribution in [2.45, 2.75) is 4.90 Å². The fourth-order valence-electron chi connectivity index (χ4n) is 5.19. The van der Waals surface area contributed by atoms with Gasteiger partial charge in [0.25, 0.3) is 5.69 Å². The summed E-state index contributed by atoms with van der Waals surface area (Å²) >= 11 is 0. The topological polar surface area (TPSA) is 242 Å². The quantitative estimate of drug-likeness (QED) is 0.0781. The standard InChI is InChI=1S/C20H14N2O5S.C16H11N3O4.Cr.Na/c23-16-10-9-12-5-1-2-6-13(12)19(16)21-22-20-15-8-4-3-7-14(15)18(11-17(20)24)28(25,26)27;20-14-8-5-10-3-1-2-4-12(10)16(14)18-17-13-7-6-11(19(22)23)9-15(13)21;;/h1-11,23-24H,(H,25,26,27);1-9,20-21H;;/q;;+3;+1/p-4. The second-order valence-electron chi connectivity index (χ2n) is 10.8. The first kappa shape index (κ1) is 40.3. The molecule has 0 aromatic heterocycles. The van der Waals surface area contributed by atoms with Gasteiger partial charge >= 0.3 is 48.3 Å². The van der Waals surface area contributed by atoms with Crippen LogP contribution in [-0.2, 0) is 27.5 Å². The number of hydrogen-bond acceptors (Lipinski definition) is 13. The van der Waals surface area contributed by atoms with Crippen molar-refractivity contribution in [1.82, 2.24) is 0 Å². The molecule has 0 spiro atoms. The summed E-state index contributed by atoms with van der Waals surface area (Å²) < 4.78 is 34.5. The van der Waals surface area contributed by atoms with Gasteiger partial charge in [-0.2, -0.15) is 20.5 Å². The van der Waals surface area contributed by atoms with Crippen LogP contribution in [0.5, 0.6) is 23.0 Å². The maximum Gasteiger partial charge on any atom is 3.00 e. The number of azo groups is 2. The molecule has 0 unspecified atom stereocenters. The second-order valence-corrected chi connectivity index (χ2v) is 12.1. The molecule has 7 aromatic rings. The van der Waals surface area contributed by atoms with Gasteiger partial charge in [0.2, 0.25) is 0 Å². The third-order valence-corrected chi connectivity index (χ3v) is 8.48. The number of nitro groups is 1. The average molecular weight is 775 g/mol. The number of fused-ring (bicyclic) bond motifs is 3. The molecule has 0 amide bonds. The van der Waals surface area contributed by atoms with Crippen molar-refractivity contribution in [3.05, 3.63) is 131 Å². The van der Waals surface area contributed by atoms with Gasteiger partial charge in [-0.15, -0.1) is 0 Å². The zero-order valence-electron chi connectivity index (χ0n) is 28.3. The van der Waals surface area contributed by atoms with Crippen LogP contribution in [0, 0.1) is 10.1 Å². The molecule has 7 rings (SSSR count). The molecule has 0 aliphatic rings. The van der Waals surface area contributed by atoms with Crippen molar-refractivity contribution in [1.29, 1.82) is 0 Å². The van der Waals surface area contributed by atoms with Crippen molar-refractivity contribution >= 4 is 70.9 Å². The van der Waals surface area contributed by atoms with E-state index in [9.17, 15) is 43.5 Å². The molecular formula is C36H21CrN5NaO9S. The summed E-state index contributed by atoms with van der Waals surface area (Å²) in [5.41, 5.74) is -0.329. The van der Waals surface area contributed by atoms with E-state index in [2.05, 4.69) is 20.5 Å². The summed E-state index contributed by atoms with van der Waals surface area (Å²) in [4.78, 5) is 9.33. The second kappa shape index (κ2) is 16.9. The van der Waals surface area contributed by atoms with Crippen LogP contribution in [0.2, 0.25) is 0 Å². The largest absolute Gasteiger partial charge is 3.00 e. The third-order valence-electron chi connectivity index (χ3n) is 7.60. The zero-order chi connectivity index (χ0) is 36.3. The molecule has 1 radical (unpaired) electrons. The van der Waals surface area contributed by atoms with E-state index < -0.39 is 31.4 Å². The predicted octanol–water partition coefficient (Wildman–Crippen LogP) is 3.88. The van der Waals surface area contributed by atoms with Gasteiger partial charge in [-0.3, -0.25) is 10.1 Å². The van der Waals surface area contributed by atoms with E-state index in [1.807, 2.05) is 24.3 Å². The fraction of sp³-hybridized carbons (Fsp3) is 0.